The molecular weight excluding hydrogens is 240 g/mol. The summed E-state index contributed by atoms with van der Waals surface area (Å²) in [7, 11) is 0. The Morgan fingerprint density at radius 1 is 1.11 bits per heavy atom. The number of hydrogen-bond donors (Lipinski definition) is 0. The zero-order chi connectivity index (χ0) is 13.0. The van der Waals surface area contributed by atoms with Crippen LogP contribution in [0.4, 0.5) is 0 Å². The van der Waals surface area contributed by atoms with Gasteiger partial charge in [-0.1, -0.05) is 0 Å². The number of fused-ring (bicyclic) bond motifs is 2. The number of hydrogen-bond acceptors (Lipinski definition) is 2. The second kappa shape index (κ2) is 4.19. The van der Waals surface area contributed by atoms with Gasteiger partial charge in [-0.3, -0.25) is 4.79 Å². The minimum atomic E-state index is 0.0772. The fraction of sp³-hybridized carbons (Fsp3) is 0.933. The Hall–Kier alpha value is -0.610. The van der Waals surface area contributed by atoms with Crippen LogP contribution in [0.1, 0.15) is 44.9 Å². The van der Waals surface area contributed by atoms with Gasteiger partial charge in [-0.2, -0.15) is 0 Å². The molecule has 5 atom stereocenters. The second-order valence-corrected chi connectivity index (χ2v) is 7.10. The minimum Gasteiger partial charge on any atom is -0.633 e. The largest absolute Gasteiger partial charge is 0.633 e. The fourth-order valence-corrected chi connectivity index (χ4v) is 5.55. The Balaban J connectivity index is 1.69. The van der Waals surface area contributed by atoms with Crippen molar-refractivity contribution in [3.63, 3.8) is 0 Å². The molecule has 4 fully saturated rings. The van der Waals surface area contributed by atoms with Gasteiger partial charge in [-0.25, -0.2) is 0 Å². The average Bonchev–Trinajstić information content (AvgIpc) is 2.40. The van der Waals surface area contributed by atoms with E-state index in [1.54, 1.807) is 0 Å². The van der Waals surface area contributed by atoms with E-state index in [0.717, 1.165) is 51.7 Å². The lowest BCUT2D eigenvalue weighted by Gasteiger charge is -2.64. The molecule has 4 heterocycles. The van der Waals surface area contributed by atoms with Gasteiger partial charge in [-0.15, -0.1) is 0 Å². The van der Waals surface area contributed by atoms with Crippen molar-refractivity contribution in [1.82, 2.24) is 4.90 Å². The summed E-state index contributed by atoms with van der Waals surface area (Å²) >= 11 is 0. The van der Waals surface area contributed by atoms with Gasteiger partial charge in [0.15, 0.2) is 0 Å². The number of rotatable bonds is 0. The van der Waals surface area contributed by atoms with Gasteiger partial charge < -0.3 is 14.8 Å². The summed E-state index contributed by atoms with van der Waals surface area (Å²) in [6.07, 6.45) is 7.38. The number of quaternary nitrogens is 1. The van der Waals surface area contributed by atoms with Gasteiger partial charge in [0.1, 0.15) is 0 Å². The molecule has 0 saturated carbocycles. The van der Waals surface area contributed by atoms with E-state index in [0.29, 0.717) is 29.8 Å². The lowest BCUT2D eigenvalue weighted by atomic mass is 9.67. The molecule has 0 aromatic carbocycles. The van der Waals surface area contributed by atoms with Gasteiger partial charge in [0.2, 0.25) is 5.91 Å². The van der Waals surface area contributed by atoms with Crippen LogP contribution in [0, 0.1) is 17.0 Å². The van der Waals surface area contributed by atoms with Crippen LogP contribution >= 0.6 is 0 Å². The van der Waals surface area contributed by atoms with Crippen LogP contribution < -0.4 is 0 Å². The first kappa shape index (κ1) is 12.2. The topological polar surface area (TPSA) is 43.4 Å². The van der Waals surface area contributed by atoms with Gasteiger partial charge in [0, 0.05) is 30.8 Å². The summed E-state index contributed by atoms with van der Waals surface area (Å²) in [4.78, 5) is 14.3. The number of amides is 1. The maximum atomic E-state index is 13.1. The molecule has 0 aromatic rings. The first-order valence-electron chi connectivity index (χ1n) is 8.06. The summed E-state index contributed by atoms with van der Waals surface area (Å²) in [6, 6.07) is 0.710. The van der Waals surface area contributed by atoms with Gasteiger partial charge in [-0.05, 0) is 38.5 Å². The molecule has 0 aromatic heterocycles. The lowest BCUT2D eigenvalue weighted by molar-refractivity contribution is -0.925. The Labute approximate surface area is 114 Å². The molecule has 4 aliphatic heterocycles. The first-order valence-corrected chi connectivity index (χ1v) is 8.06. The third-order valence-electron chi connectivity index (χ3n) is 6.19. The molecule has 4 saturated heterocycles. The Kier molecular flexibility index (Phi) is 2.68. The van der Waals surface area contributed by atoms with Crippen LogP contribution in [0.5, 0.6) is 0 Å². The quantitative estimate of drug-likeness (QED) is 0.495. The molecule has 0 unspecified atom stereocenters. The van der Waals surface area contributed by atoms with Crippen molar-refractivity contribution in [3.8, 4) is 0 Å². The van der Waals surface area contributed by atoms with Crippen molar-refractivity contribution in [1.29, 1.82) is 0 Å². The standard InChI is InChI=1S/C15H24N2O2/c18-14-7-1-6-13-12-5-3-9-17(19)8-2-4-11(15(12)17)10-16(13)14/h11-13,15H,1-10H2/t11-,12+,13+,15-,17-/m0/s1. The highest BCUT2D eigenvalue weighted by Crippen LogP contribution is 2.47. The number of nitrogens with zero attached hydrogens (tertiary/aromatic N) is 2. The van der Waals surface area contributed by atoms with Gasteiger partial charge >= 0.3 is 0 Å². The smallest absolute Gasteiger partial charge is 0.222 e. The molecule has 4 aliphatic rings. The van der Waals surface area contributed by atoms with E-state index in [2.05, 4.69) is 4.90 Å². The van der Waals surface area contributed by atoms with Crippen LogP contribution in [-0.2, 0) is 4.79 Å². The number of carbonyl (C=O) groups excluding carboxylic acids is 1. The third-order valence-corrected chi connectivity index (χ3v) is 6.19. The molecule has 1 amide bonds. The van der Waals surface area contributed by atoms with E-state index in [1.165, 1.54) is 12.8 Å². The lowest BCUT2D eigenvalue weighted by Crippen LogP contribution is -2.71. The number of carbonyl (C=O) groups is 1. The molecule has 19 heavy (non-hydrogen) atoms. The maximum Gasteiger partial charge on any atom is 0.222 e. The van der Waals surface area contributed by atoms with Gasteiger partial charge in [0.05, 0.1) is 19.1 Å². The number of hydroxylamine groups is 3. The van der Waals surface area contributed by atoms with Crippen LogP contribution in [0.2, 0.25) is 0 Å². The predicted octanol–water partition coefficient (Wildman–Crippen LogP) is 1.88. The molecule has 0 spiro atoms. The maximum absolute atomic E-state index is 13.1. The molecule has 0 radical (unpaired) electrons. The molecule has 0 bridgehead atoms. The molecule has 106 valence electrons. The predicted molar refractivity (Wildman–Crippen MR) is 71.9 cm³/mol. The highest BCUT2D eigenvalue weighted by atomic mass is 16.5. The normalized spacial score (nSPS) is 49.5. The van der Waals surface area contributed by atoms with Crippen LogP contribution in [-0.4, -0.2) is 47.2 Å². The van der Waals surface area contributed by atoms with Gasteiger partial charge in [0.25, 0.3) is 0 Å². The van der Waals surface area contributed by atoms with Crippen molar-refractivity contribution < 1.29 is 9.44 Å². The van der Waals surface area contributed by atoms with Crippen LogP contribution in [0.3, 0.4) is 0 Å². The average molecular weight is 264 g/mol. The summed E-state index contributed by atoms with van der Waals surface area (Å²) in [5.41, 5.74) is 0. The minimum absolute atomic E-state index is 0.0772. The molecule has 4 rings (SSSR count). The highest BCUT2D eigenvalue weighted by Gasteiger charge is 2.55. The Morgan fingerprint density at radius 2 is 1.89 bits per heavy atom. The summed E-state index contributed by atoms with van der Waals surface area (Å²) in [5, 5.41) is 13.1. The highest BCUT2D eigenvalue weighted by molar-refractivity contribution is 5.77. The second-order valence-electron chi connectivity index (χ2n) is 7.10. The SMILES string of the molecule is O=C1CCC[C@@H]2[C@H]3CCC[N@@+]4([O-])CCC[C@@H](CN12)[C@@H]34. The zero-order valence-electron chi connectivity index (χ0n) is 11.6. The first-order chi connectivity index (χ1) is 9.19. The van der Waals surface area contributed by atoms with Crippen LogP contribution in [0.15, 0.2) is 0 Å². The molecule has 4 nitrogen and oxygen atoms in total. The Morgan fingerprint density at radius 3 is 2.74 bits per heavy atom. The van der Waals surface area contributed by atoms with Crippen molar-refractivity contribution >= 4 is 5.91 Å². The van der Waals surface area contributed by atoms with E-state index < -0.39 is 0 Å². The summed E-state index contributed by atoms with van der Waals surface area (Å²) in [6.45, 7) is 2.55. The van der Waals surface area contributed by atoms with E-state index in [-0.39, 0.29) is 4.65 Å². The molecule has 0 aliphatic carbocycles. The summed E-state index contributed by atoms with van der Waals surface area (Å²) in [5.74, 6) is 1.33. The zero-order valence-corrected chi connectivity index (χ0v) is 11.6. The van der Waals surface area contributed by atoms with Crippen molar-refractivity contribution in [2.45, 2.75) is 57.0 Å². The number of piperidine rings is 4. The van der Waals surface area contributed by atoms with Crippen LogP contribution in [0.25, 0.3) is 0 Å². The molecular formula is C15H24N2O2. The van der Waals surface area contributed by atoms with E-state index in [9.17, 15) is 10.0 Å². The van der Waals surface area contributed by atoms with Crippen molar-refractivity contribution in [2.24, 2.45) is 11.8 Å². The van der Waals surface area contributed by atoms with E-state index in [1.807, 2.05) is 0 Å². The molecule has 4 heteroatoms. The molecule has 0 N–H and O–H groups in total. The van der Waals surface area contributed by atoms with E-state index >= 15 is 0 Å². The van der Waals surface area contributed by atoms with Crippen molar-refractivity contribution in [3.05, 3.63) is 5.21 Å². The van der Waals surface area contributed by atoms with Crippen molar-refractivity contribution in [2.75, 3.05) is 19.6 Å². The summed E-state index contributed by atoms with van der Waals surface area (Å²) < 4.78 is 0.0772. The third kappa shape index (κ3) is 1.69. The monoisotopic (exact) mass is 264 g/mol. The Bertz CT molecular complexity index is 396. The van der Waals surface area contributed by atoms with E-state index in [4.69, 9.17) is 0 Å². The fourth-order valence-electron chi connectivity index (χ4n) is 5.55.